The van der Waals surface area contributed by atoms with Crippen molar-refractivity contribution in [3.63, 3.8) is 0 Å². The number of aromatic nitrogens is 7. The van der Waals surface area contributed by atoms with E-state index in [0.29, 0.717) is 54.3 Å². The maximum atomic E-state index is 13.2. The summed E-state index contributed by atoms with van der Waals surface area (Å²) in [5.41, 5.74) is 1.14. The van der Waals surface area contributed by atoms with Gasteiger partial charge in [-0.05, 0) is 44.6 Å². The van der Waals surface area contributed by atoms with E-state index < -0.39 is 6.04 Å². The Morgan fingerprint density at radius 2 is 1.87 bits per heavy atom. The van der Waals surface area contributed by atoms with Crippen LogP contribution in [0.25, 0.3) is 0 Å². The molecule has 0 aromatic carbocycles. The number of amides is 1. The van der Waals surface area contributed by atoms with Gasteiger partial charge in [-0.3, -0.25) is 14.9 Å². The van der Waals surface area contributed by atoms with Crippen LogP contribution in [0.1, 0.15) is 43.7 Å². The van der Waals surface area contributed by atoms with E-state index in [0.717, 1.165) is 38.3 Å². The predicted molar refractivity (Wildman–Crippen MR) is 141 cm³/mol. The Bertz CT molecular complexity index is 1290. The highest BCUT2D eigenvalue weighted by molar-refractivity contribution is 5.96. The van der Waals surface area contributed by atoms with E-state index in [1.807, 2.05) is 11.0 Å². The minimum absolute atomic E-state index is 0.138. The number of hydrogen-bond donors (Lipinski definition) is 3. The Balaban J connectivity index is 1.18. The van der Waals surface area contributed by atoms with Gasteiger partial charge in [-0.1, -0.05) is 0 Å². The molecule has 3 N–H and O–H groups in total. The Morgan fingerprint density at radius 3 is 2.74 bits per heavy atom. The van der Waals surface area contributed by atoms with Gasteiger partial charge in [-0.25, -0.2) is 4.98 Å². The molecule has 38 heavy (non-hydrogen) atoms. The van der Waals surface area contributed by atoms with Gasteiger partial charge in [0.05, 0.1) is 6.20 Å². The van der Waals surface area contributed by atoms with Crippen molar-refractivity contribution >= 4 is 35.4 Å². The molecule has 6 heterocycles. The topological polar surface area (TPSA) is 144 Å². The lowest BCUT2D eigenvalue weighted by Gasteiger charge is -2.28. The summed E-state index contributed by atoms with van der Waals surface area (Å²) in [5, 5.41) is 13.8. The SMILES string of the molecule is O=C(Nc1cnccn1)[C@@H]1CCCN1c1nc(Nc2cc(C3CC3)[nH]n2)nc(N2CCN3CCC(C3)C2)n1. The van der Waals surface area contributed by atoms with Crippen LogP contribution in [0.5, 0.6) is 0 Å². The Hall–Kier alpha value is -3.87. The molecule has 3 aromatic heterocycles. The second-order valence-electron chi connectivity index (χ2n) is 10.7. The normalized spacial score (nSPS) is 24.9. The number of carbonyl (C=O) groups excluding carboxylic acids is 1. The van der Waals surface area contributed by atoms with Gasteiger partial charge in [0.2, 0.25) is 23.8 Å². The number of aromatic amines is 1. The Labute approximate surface area is 220 Å². The molecule has 1 saturated carbocycles. The summed E-state index contributed by atoms with van der Waals surface area (Å²) in [7, 11) is 0. The molecule has 1 amide bonds. The van der Waals surface area contributed by atoms with Crippen molar-refractivity contribution in [2.75, 3.05) is 59.7 Å². The third-order valence-corrected chi connectivity index (χ3v) is 7.91. The maximum Gasteiger partial charge on any atom is 0.248 e. The largest absolute Gasteiger partial charge is 0.339 e. The molecule has 7 rings (SSSR count). The molecule has 0 spiro atoms. The number of nitrogens with one attached hydrogen (secondary N) is 3. The molecule has 0 radical (unpaired) electrons. The molecule has 198 valence electrons. The van der Waals surface area contributed by atoms with Gasteiger partial charge >= 0.3 is 0 Å². The van der Waals surface area contributed by atoms with Crippen LogP contribution in [0.4, 0.5) is 29.5 Å². The van der Waals surface area contributed by atoms with Gasteiger partial charge in [-0.2, -0.15) is 20.1 Å². The fourth-order valence-corrected chi connectivity index (χ4v) is 5.76. The van der Waals surface area contributed by atoms with Gasteiger partial charge in [0.1, 0.15) is 6.04 Å². The van der Waals surface area contributed by atoms with Crippen LogP contribution in [0.15, 0.2) is 24.7 Å². The van der Waals surface area contributed by atoms with Crippen LogP contribution in [0.3, 0.4) is 0 Å². The monoisotopic (exact) mass is 516 g/mol. The van der Waals surface area contributed by atoms with Crippen LogP contribution in [0, 0.1) is 5.92 Å². The lowest BCUT2D eigenvalue weighted by molar-refractivity contribution is -0.117. The Kier molecular flexibility index (Phi) is 5.99. The average Bonchev–Trinajstić information content (AvgIpc) is 3.29. The van der Waals surface area contributed by atoms with Crippen LogP contribution in [-0.4, -0.2) is 91.2 Å². The van der Waals surface area contributed by atoms with Crippen LogP contribution in [0.2, 0.25) is 0 Å². The molecular formula is C25H32N12O. The minimum atomic E-state index is -0.404. The third-order valence-electron chi connectivity index (χ3n) is 7.91. The number of carbonyl (C=O) groups is 1. The zero-order valence-electron chi connectivity index (χ0n) is 21.3. The summed E-state index contributed by atoms with van der Waals surface area (Å²) in [6.07, 6.45) is 9.86. The first-order chi connectivity index (χ1) is 18.7. The molecule has 1 aliphatic carbocycles. The predicted octanol–water partition coefficient (Wildman–Crippen LogP) is 1.76. The fraction of sp³-hybridized carbons (Fsp3) is 0.560. The third kappa shape index (κ3) is 4.85. The van der Waals surface area contributed by atoms with E-state index in [-0.39, 0.29) is 5.91 Å². The lowest BCUT2D eigenvalue weighted by Crippen LogP contribution is -2.41. The number of rotatable bonds is 7. The van der Waals surface area contributed by atoms with Crippen molar-refractivity contribution < 1.29 is 4.79 Å². The highest BCUT2D eigenvalue weighted by Gasteiger charge is 2.35. The first-order valence-corrected chi connectivity index (χ1v) is 13.6. The van der Waals surface area contributed by atoms with Crippen molar-refractivity contribution in [3.8, 4) is 0 Å². The molecule has 3 aliphatic heterocycles. The molecule has 3 aromatic rings. The molecule has 2 unspecified atom stereocenters. The van der Waals surface area contributed by atoms with Gasteiger partial charge in [0.25, 0.3) is 0 Å². The zero-order valence-corrected chi connectivity index (χ0v) is 21.3. The van der Waals surface area contributed by atoms with Gasteiger partial charge < -0.3 is 25.3 Å². The molecule has 4 fully saturated rings. The minimum Gasteiger partial charge on any atom is -0.339 e. The van der Waals surface area contributed by atoms with Crippen LogP contribution >= 0.6 is 0 Å². The number of anilines is 5. The summed E-state index contributed by atoms with van der Waals surface area (Å²) in [5.74, 6) is 3.75. The van der Waals surface area contributed by atoms with Gasteiger partial charge in [0.15, 0.2) is 11.6 Å². The molecule has 3 saturated heterocycles. The van der Waals surface area contributed by atoms with Gasteiger partial charge in [-0.15, -0.1) is 0 Å². The second kappa shape index (κ2) is 9.78. The number of hydrogen-bond acceptors (Lipinski definition) is 11. The van der Waals surface area contributed by atoms with Crippen LogP contribution in [-0.2, 0) is 4.79 Å². The highest BCUT2D eigenvalue weighted by Crippen LogP contribution is 2.39. The summed E-state index contributed by atoms with van der Waals surface area (Å²) < 4.78 is 0. The van der Waals surface area contributed by atoms with Crippen molar-refractivity contribution in [2.45, 2.75) is 44.1 Å². The van der Waals surface area contributed by atoms with E-state index in [4.69, 9.17) is 15.0 Å². The maximum absolute atomic E-state index is 13.2. The molecule has 3 atom stereocenters. The standard InChI is InChI=1S/C25H32N12O/c38-22(28-21-13-26-6-7-27-21)19-2-1-8-37(19)25-31-23(29-20-12-18(33-34-20)17-3-4-17)30-24(32-25)36-11-10-35-9-5-16(14-35)15-36/h6-7,12-13,16-17,19H,1-5,8-11,14-15H2,(H,27,28,38)(H2,29,30,31,32,33,34)/t16?,19-/m0/s1. The van der Waals surface area contributed by atoms with E-state index in [2.05, 4.69) is 40.6 Å². The van der Waals surface area contributed by atoms with E-state index >= 15 is 0 Å². The number of H-pyrrole nitrogens is 1. The second-order valence-corrected chi connectivity index (χ2v) is 10.7. The molecule has 2 bridgehead atoms. The smallest absolute Gasteiger partial charge is 0.248 e. The lowest BCUT2D eigenvalue weighted by atomic mass is 10.1. The van der Waals surface area contributed by atoms with Crippen molar-refractivity contribution in [3.05, 3.63) is 30.4 Å². The molecule has 4 aliphatic rings. The quantitative estimate of drug-likeness (QED) is 0.422. The Morgan fingerprint density at radius 1 is 0.947 bits per heavy atom. The summed E-state index contributed by atoms with van der Waals surface area (Å²) in [4.78, 5) is 42.8. The molecule has 13 nitrogen and oxygen atoms in total. The summed E-state index contributed by atoms with van der Waals surface area (Å²) in [6, 6.07) is 1.63. The van der Waals surface area contributed by atoms with Crippen molar-refractivity contribution in [1.82, 2.24) is 40.0 Å². The first-order valence-electron chi connectivity index (χ1n) is 13.6. The van der Waals surface area contributed by atoms with Gasteiger partial charge in [0, 0.05) is 62.8 Å². The number of fused-ring (bicyclic) bond motifs is 2. The average molecular weight is 517 g/mol. The zero-order chi connectivity index (χ0) is 25.5. The highest BCUT2D eigenvalue weighted by atomic mass is 16.2. The van der Waals surface area contributed by atoms with E-state index in [1.54, 1.807) is 18.6 Å². The summed E-state index contributed by atoms with van der Waals surface area (Å²) in [6.45, 7) is 5.78. The number of nitrogens with zero attached hydrogens (tertiary/aromatic N) is 9. The van der Waals surface area contributed by atoms with E-state index in [1.165, 1.54) is 25.8 Å². The summed E-state index contributed by atoms with van der Waals surface area (Å²) >= 11 is 0. The first kappa shape index (κ1) is 23.3. The van der Waals surface area contributed by atoms with E-state index in [9.17, 15) is 4.79 Å². The molecular weight excluding hydrogens is 484 g/mol. The fourth-order valence-electron chi connectivity index (χ4n) is 5.76. The van der Waals surface area contributed by atoms with Crippen LogP contribution < -0.4 is 20.4 Å². The van der Waals surface area contributed by atoms with Crippen molar-refractivity contribution in [2.24, 2.45) is 5.92 Å². The van der Waals surface area contributed by atoms with Crippen molar-refractivity contribution in [1.29, 1.82) is 0 Å². The molecule has 13 heteroatoms.